The third-order valence-corrected chi connectivity index (χ3v) is 3.47. The molecular formula is C12H17ClN2S. The molecule has 0 atom stereocenters. The van der Waals surface area contributed by atoms with Crippen molar-refractivity contribution in [3.8, 4) is 0 Å². The van der Waals surface area contributed by atoms with E-state index < -0.39 is 0 Å². The summed E-state index contributed by atoms with van der Waals surface area (Å²) in [5.41, 5.74) is 1.15. The van der Waals surface area contributed by atoms with E-state index in [4.69, 9.17) is 11.6 Å². The van der Waals surface area contributed by atoms with Crippen molar-refractivity contribution in [1.29, 1.82) is 0 Å². The van der Waals surface area contributed by atoms with Gasteiger partial charge in [-0.2, -0.15) is 0 Å². The summed E-state index contributed by atoms with van der Waals surface area (Å²) in [5, 5.41) is 4.91. The minimum atomic E-state index is 0.486. The fourth-order valence-electron chi connectivity index (χ4n) is 1.05. The maximum atomic E-state index is 6.01. The van der Waals surface area contributed by atoms with Gasteiger partial charge in [0.1, 0.15) is 5.03 Å². The van der Waals surface area contributed by atoms with Gasteiger partial charge in [0.2, 0.25) is 0 Å². The van der Waals surface area contributed by atoms with E-state index in [1.54, 1.807) is 18.0 Å². The van der Waals surface area contributed by atoms with Gasteiger partial charge in [-0.05, 0) is 12.1 Å². The van der Waals surface area contributed by atoms with Crippen molar-refractivity contribution in [2.45, 2.75) is 24.9 Å². The van der Waals surface area contributed by atoms with Crippen molar-refractivity contribution in [2.24, 2.45) is 0 Å². The summed E-state index contributed by atoms with van der Waals surface area (Å²) >= 11 is 7.63. The van der Waals surface area contributed by atoms with Gasteiger partial charge in [-0.1, -0.05) is 37.6 Å². The van der Waals surface area contributed by atoms with Crippen LogP contribution in [0.25, 0.3) is 0 Å². The standard InChI is InChI=1S/C12H17ClN2S/c1-9(2)15-7-10(3)8-16-12-11(13)5-4-6-14-12/h4-6,9,15H,3,7-8H2,1-2H3. The van der Waals surface area contributed by atoms with Crippen LogP contribution in [0.2, 0.25) is 5.02 Å². The van der Waals surface area contributed by atoms with Crippen LogP contribution in [0.15, 0.2) is 35.5 Å². The lowest BCUT2D eigenvalue weighted by atomic mass is 10.3. The summed E-state index contributed by atoms with van der Waals surface area (Å²) in [4.78, 5) is 4.21. The van der Waals surface area contributed by atoms with E-state index in [0.717, 1.165) is 22.9 Å². The van der Waals surface area contributed by atoms with Gasteiger partial charge in [0.15, 0.2) is 0 Å². The molecule has 1 rings (SSSR count). The van der Waals surface area contributed by atoms with Crippen LogP contribution in [0.4, 0.5) is 0 Å². The molecule has 0 fully saturated rings. The van der Waals surface area contributed by atoms with Gasteiger partial charge in [-0.15, -0.1) is 11.8 Å². The largest absolute Gasteiger partial charge is 0.311 e. The number of pyridine rings is 1. The van der Waals surface area contributed by atoms with E-state index in [0.29, 0.717) is 11.1 Å². The second-order valence-corrected chi connectivity index (χ2v) is 5.24. The molecule has 0 amide bonds. The highest BCUT2D eigenvalue weighted by molar-refractivity contribution is 7.99. The molecule has 0 bridgehead atoms. The molecule has 0 spiro atoms. The number of hydrogen-bond acceptors (Lipinski definition) is 3. The minimum absolute atomic E-state index is 0.486. The molecule has 88 valence electrons. The highest BCUT2D eigenvalue weighted by atomic mass is 35.5. The van der Waals surface area contributed by atoms with Gasteiger partial charge in [0, 0.05) is 24.5 Å². The summed E-state index contributed by atoms with van der Waals surface area (Å²) < 4.78 is 0. The van der Waals surface area contributed by atoms with Gasteiger partial charge >= 0.3 is 0 Å². The number of hydrogen-bond donors (Lipinski definition) is 1. The van der Waals surface area contributed by atoms with E-state index in [2.05, 4.69) is 30.7 Å². The fourth-order valence-corrected chi connectivity index (χ4v) is 2.12. The fraction of sp³-hybridized carbons (Fsp3) is 0.417. The third-order valence-electron chi connectivity index (χ3n) is 1.90. The van der Waals surface area contributed by atoms with Crippen LogP contribution in [0.3, 0.4) is 0 Å². The van der Waals surface area contributed by atoms with Crippen molar-refractivity contribution in [1.82, 2.24) is 10.3 Å². The zero-order valence-corrected chi connectivity index (χ0v) is 11.2. The Hall–Kier alpha value is -0.510. The summed E-state index contributed by atoms with van der Waals surface area (Å²) in [7, 11) is 0. The monoisotopic (exact) mass is 256 g/mol. The number of rotatable bonds is 6. The van der Waals surface area contributed by atoms with Crippen molar-refractivity contribution in [3.05, 3.63) is 35.5 Å². The molecule has 4 heteroatoms. The molecular weight excluding hydrogens is 240 g/mol. The van der Waals surface area contributed by atoms with Crippen LogP contribution in [-0.2, 0) is 0 Å². The predicted octanol–water partition coefficient (Wildman–Crippen LogP) is 3.38. The van der Waals surface area contributed by atoms with Crippen LogP contribution >= 0.6 is 23.4 Å². The van der Waals surface area contributed by atoms with E-state index in [1.165, 1.54) is 0 Å². The van der Waals surface area contributed by atoms with Crippen LogP contribution in [0, 0.1) is 0 Å². The molecule has 1 aromatic rings. The Morgan fingerprint density at radius 3 is 3.00 bits per heavy atom. The molecule has 16 heavy (non-hydrogen) atoms. The predicted molar refractivity (Wildman–Crippen MR) is 72.2 cm³/mol. The van der Waals surface area contributed by atoms with Crippen LogP contribution in [0.5, 0.6) is 0 Å². The SMILES string of the molecule is C=C(CNC(C)C)CSc1ncccc1Cl. The number of aromatic nitrogens is 1. The summed E-state index contributed by atoms with van der Waals surface area (Å²) in [6.07, 6.45) is 1.75. The maximum Gasteiger partial charge on any atom is 0.115 e. The molecule has 2 nitrogen and oxygen atoms in total. The average Bonchev–Trinajstić information content (AvgIpc) is 2.25. The Labute approximate surface area is 106 Å². The highest BCUT2D eigenvalue weighted by Gasteiger charge is 2.03. The highest BCUT2D eigenvalue weighted by Crippen LogP contribution is 2.25. The number of halogens is 1. The Kier molecular flexibility index (Phi) is 5.88. The second kappa shape index (κ2) is 6.94. The van der Waals surface area contributed by atoms with Crippen molar-refractivity contribution < 1.29 is 0 Å². The third kappa shape index (κ3) is 5.01. The normalized spacial score (nSPS) is 10.8. The van der Waals surface area contributed by atoms with Gasteiger partial charge in [0.25, 0.3) is 0 Å². The number of nitrogens with one attached hydrogen (secondary N) is 1. The molecule has 0 aliphatic heterocycles. The molecule has 0 radical (unpaired) electrons. The Morgan fingerprint density at radius 1 is 1.62 bits per heavy atom. The summed E-state index contributed by atoms with van der Waals surface area (Å²) in [5.74, 6) is 0.844. The molecule has 0 unspecified atom stereocenters. The molecule has 0 aliphatic rings. The van der Waals surface area contributed by atoms with Gasteiger partial charge in [0.05, 0.1) is 5.02 Å². The lowest BCUT2D eigenvalue weighted by Crippen LogP contribution is -2.25. The van der Waals surface area contributed by atoms with E-state index in [1.807, 2.05) is 12.1 Å². The molecule has 0 aliphatic carbocycles. The maximum absolute atomic E-state index is 6.01. The van der Waals surface area contributed by atoms with Crippen molar-refractivity contribution >= 4 is 23.4 Å². The first-order valence-corrected chi connectivity index (χ1v) is 6.59. The number of nitrogens with zero attached hydrogens (tertiary/aromatic N) is 1. The molecule has 0 saturated carbocycles. The van der Waals surface area contributed by atoms with Crippen LogP contribution in [0.1, 0.15) is 13.8 Å². The first kappa shape index (κ1) is 13.6. The first-order chi connectivity index (χ1) is 7.59. The molecule has 1 N–H and O–H groups in total. The van der Waals surface area contributed by atoms with Gasteiger partial charge in [-0.3, -0.25) is 0 Å². The topological polar surface area (TPSA) is 24.9 Å². The van der Waals surface area contributed by atoms with Crippen LogP contribution in [-0.4, -0.2) is 23.3 Å². The molecule has 0 aromatic carbocycles. The second-order valence-electron chi connectivity index (χ2n) is 3.86. The summed E-state index contributed by atoms with van der Waals surface area (Å²) in [6, 6.07) is 4.17. The molecule has 1 aromatic heterocycles. The zero-order chi connectivity index (χ0) is 12.0. The van der Waals surface area contributed by atoms with Crippen molar-refractivity contribution in [2.75, 3.05) is 12.3 Å². The zero-order valence-electron chi connectivity index (χ0n) is 9.66. The smallest absolute Gasteiger partial charge is 0.115 e. The van der Waals surface area contributed by atoms with Crippen molar-refractivity contribution in [3.63, 3.8) is 0 Å². The summed E-state index contributed by atoms with van der Waals surface area (Å²) in [6.45, 7) is 9.10. The Balaban J connectivity index is 2.35. The van der Waals surface area contributed by atoms with Gasteiger partial charge < -0.3 is 5.32 Å². The quantitative estimate of drug-likeness (QED) is 0.624. The minimum Gasteiger partial charge on any atom is -0.311 e. The van der Waals surface area contributed by atoms with E-state index >= 15 is 0 Å². The Bertz CT molecular complexity index is 353. The lowest BCUT2D eigenvalue weighted by Gasteiger charge is -2.10. The number of thioether (sulfide) groups is 1. The average molecular weight is 257 g/mol. The lowest BCUT2D eigenvalue weighted by molar-refractivity contribution is 0.623. The Morgan fingerprint density at radius 2 is 2.38 bits per heavy atom. The van der Waals surface area contributed by atoms with Crippen LogP contribution < -0.4 is 5.32 Å². The van der Waals surface area contributed by atoms with E-state index in [-0.39, 0.29) is 0 Å². The van der Waals surface area contributed by atoms with Gasteiger partial charge in [-0.25, -0.2) is 4.98 Å². The van der Waals surface area contributed by atoms with E-state index in [9.17, 15) is 0 Å². The molecule has 0 saturated heterocycles. The molecule has 1 heterocycles. The first-order valence-electron chi connectivity index (χ1n) is 5.23.